The third-order valence-corrected chi connectivity index (χ3v) is 4.02. The highest BCUT2D eigenvalue weighted by Gasteiger charge is 2.39. The van der Waals surface area contributed by atoms with Crippen molar-refractivity contribution in [3.8, 4) is 0 Å². The Morgan fingerprint density at radius 3 is 2.78 bits per heavy atom. The molecule has 2 unspecified atom stereocenters. The van der Waals surface area contributed by atoms with E-state index in [1.54, 1.807) is 0 Å². The van der Waals surface area contributed by atoms with Crippen molar-refractivity contribution in [3.05, 3.63) is 0 Å². The number of hydrogen-bond donors (Lipinski definition) is 3. The molecule has 1 heterocycles. The molecule has 0 aliphatic carbocycles. The quantitative estimate of drug-likeness (QED) is 0.616. The van der Waals surface area contributed by atoms with Crippen LogP contribution < -0.4 is 10.6 Å². The lowest BCUT2D eigenvalue weighted by atomic mass is 9.90. The highest BCUT2D eigenvalue weighted by Crippen LogP contribution is 2.25. The Morgan fingerprint density at radius 1 is 1.50 bits per heavy atom. The van der Waals surface area contributed by atoms with Crippen LogP contribution in [-0.4, -0.2) is 36.2 Å². The van der Waals surface area contributed by atoms with Crippen LogP contribution in [0, 0.1) is 5.92 Å². The van der Waals surface area contributed by atoms with Gasteiger partial charge in [0.05, 0.1) is 5.54 Å². The highest BCUT2D eigenvalue weighted by atomic mass is 16.3. The van der Waals surface area contributed by atoms with Gasteiger partial charge in [0.1, 0.15) is 0 Å². The summed E-state index contributed by atoms with van der Waals surface area (Å²) in [6.45, 7) is 6.05. The van der Waals surface area contributed by atoms with E-state index in [9.17, 15) is 4.79 Å². The van der Waals surface area contributed by atoms with Gasteiger partial charge in [-0.2, -0.15) is 0 Å². The number of rotatable bonds is 8. The van der Waals surface area contributed by atoms with Crippen LogP contribution in [0.5, 0.6) is 0 Å². The highest BCUT2D eigenvalue weighted by molar-refractivity contribution is 5.86. The van der Waals surface area contributed by atoms with Gasteiger partial charge in [0.15, 0.2) is 0 Å². The van der Waals surface area contributed by atoms with E-state index in [1.807, 2.05) is 0 Å². The summed E-state index contributed by atoms with van der Waals surface area (Å²) in [7, 11) is 0. The number of nitrogens with one attached hydrogen (secondary N) is 2. The fraction of sp³-hybridized carbons (Fsp3) is 0.929. The van der Waals surface area contributed by atoms with Gasteiger partial charge in [-0.3, -0.25) is 4.79 Å². The molecule has 0 aromatic heterocycles. The van der Waals surface area contributed by atoms with Crippen molar-refractivity contribution in [2.45, 2.75) is 57.9 Å². The molecule has 106 valence electrons. The van der Waals surface area contributed by atoms with Gasteiger partial charge < -0.3 is 15.7 Å². The molecule has 18 heavy (non-hydrogen) atoms. The number of amides is 1. The normalized spacial score (nSPS) is 25.1. The lowest BCUT2D eigenvalue weighted by Crippen LogP contribution is -2.54. The molecular formula is C14H28N2O2. The van der Waals surface area contributed by atoms with Gasteiger partial charge in [0, 0.05) is 13.2 Å². The van der Waals surface area contributed by atoms with Crippen molar-refractivity contribution in [2.75, 3.05) is 19.7 Å². The van der Waals surface area contributed by atoms with E-state index in [0.717, 1.165) is 45.1 Å². The summed E-state index contributed by atoms with van der Waals surface area (Å²) in [4.78, 5) is 12.3. The predicted octanol–water partition coefficient (Wildman–Crippen LogP) is 1.43. The summed E-state index contributed by atoms with van der Waals surface area (Å²) in [5, 5.41) is 15.4. The van der Waals surface area contributed by atoms with Crippen LogP contribution >= 0.6 is 0 Å². The van der Waals surface area contributed by atoms with Gasteiger partial charge in [0.25, 0.3) is 0 Å². The fourth-order valence-electron chi connectivity index (χ4n) is 2.79. The van der Waals surface area contributed by atoms with E-state index < -0.39 is 0 Å². The molecule has 2 atom stereocenters. The minimum absolute atomic E-state index is 0.151. The van der Waals surface area contributed by atoms with Crippen molar-refractivity contribution in [2.24, 2.45) is 5.92 Å². The number of carbonyl (C=O) groups is 1. The average Bonchev–Trinajstić information content (AvgIpc) is 2.84. The van der Waals surface area contributed by atoms with E-state index >= 15 is 0 Å². The number of carbonyl (C=O) groups excluding carboxylic acids is 1. The largest absolute Gasteiger partial charge is 0.396 e. The number of aliphatic hydroxyl groups excluding tert-OH is 1. The SMILES string of the molecule is CCCC1(C(=O)NCC(CC)CCO)CCCN1. The van der Waals surface area contributed by atoms with Crippen molar-refractivity contribution in [3.63, 3.8) is 0 Å². The van der Waals surface area contributed by atoms with Crippen molar-refractivity contribution < 1.29 is 9.90 Å². The lowest BCUT2D eigenvalue weighted by molar-refractivity contribution is -0.127. The predicted molar refractivity (Wildman–Crippen MR) is 73.4 cm³/mol. The maximum Gasteiger partial charge on any atom is 0.240 e. The summed E-state index contributed by atoms with van der Waals surface area (Å²) in [6, 6.07) is 0. The smallest absolute Gasteiger partial charge is 0.240 e. The molecular weight excluding hydrogens is 228 g/mol. The maximum atomic E-state index is 12.3. The minimum atomic E-state index is -0.327. The molecule has 1 rings (SSSR count). The first-order valence-electron chi connectivity index (χ1n) is 7.32. The summed E-state index contributed by atoms with van der Waals surface area (Å²) in [5.74, 6) is 0.539. The van der Waals surface area contributed by atoms with Crippen LogP contribution in [0.15, 0.2) is 0 Å². The fourth-order valence-corrected chi connectivity index (χ4v) is 2.79. The van der Waals surface area contributed by atoms with Gasteiger partial charge in [-0.25, -0.2) is 0 Å². The summed E-state index contributed by atoms with van der Waals surface area (Å²) < 4.78 is 0. The van der Waals surface area contributed by atoms with Gasteiger partial charge in [-0.05, 0) is 38.1 Å². The van der Waals surface area contributed by atoms with Crippen molar-refractivity contribution in [1.82, 2.24) is 10.6 Å². The van der Waals surface area contributed by atoms with E-state index in [1.165, 1.54) is 0 Å². The maximum absolute atomic E-state index is 12.3. The second-order valence-electron chi connectivity index (χ2n) is 5.36. The van der Waals surface area contributed by atoms with Crippen LogP contribution in [0.2, 0.25) is 0 Å². The van der Waals surface area contributed by atoms with Crippen LogP contribution in [-0.2, 0) is 4.79 Å². The first-order chi connectivity index (χ1) is 8.68. The van der Waals surface area contributed by atoms with Crippen LogP contribution in [0.3, 0.4) is 0 Å². The van der Waals surface area contributed by atoms with Crippen LogP contribution in [0.4, 0.5) is 0 Å². The summed E-state index contributed by atoms with van der Waals surface area (Å²) in [6.07, 6.45) is 5.73. The second-order valence-corrected chi connectivity index (χ2v) is 5.36. The molecule has 0 aromatic carbocycles. The molecule has 0 saturated carbocycles. The zero-order chi connectivity index (χ0) is 13.4. The Balaban J connectivity index is 2.46. The Labute approximate surface area is 111 Å². The van der Waals surface area contributed by atoms with E-state index in [0.29, 0.717) is 12.5 Å². The van der Waals surface area contributed by atoms with Crippen LogP contribution in [0.1, 0.15) is 52.4 Å². The van der Waals surface area contributed by atoms with Gasteiger partial charge in [0.2, 0.25) is 5.91 Å². The zero-order valence-corrected chi connectivity index (χ0v) is 11.8. The lowest BCUT2D eigenvalue weighted by Gasteiger charge is -2.28. The third-order valence-electron chi connectivity index (χ3n) is 4.02. The monoisotopic (exact) mass is 256 g/mol. The second kappa shape index (κ2) is 7.74. The average molecular weight is 256 g/mol. The van der Waals surface area contributed by atoms with Crippen molar-refractivity contribution >= 4 is 5.91 Å². The molecule has 0 spiro atoms. The topological polar surface area (TPSA) is 61.4 Å². The van der Waals surface area contributed by atoms with Gasteiger partial charge >= 0.3 is 0 Å². The van der Waals surface area contributed by atoms with Crippen LogP contribution in [0.25, 0.3) is 0 Å². The molecule has 0 aromatic rings. The molecule has 0 radical (unpaired) electrons. The molecule has 3 N–H and O–H groups in total. The Bertz CT molecular complexity index is 250. The number of hydrogen-bond acceptors (Lipinski definition) is 3. The Hall–Kier alpha value is -0.610. The first-order valence-corrected chi connectivity index (χ1v) is 7.32. The molecule has 1 aliphatic rings. The van der Waals surface area contributed by atoms with E-state index in [2.05, 4.69) is 24.5 Å². The van der Waals surface area contributed by atoms with Gasteiger partial charge in [-0.15, -0.1) is 0 Å². The molecule has 1 aliphatic heterocycles. The summed E-state index contributed by atoms with van der Waals surface area (Å²) in [5.41, 5.74) is -0.327. The zero-order valence-electron chi connectivity index (χ0n) is 11.8. The van der Waals surface area contributed by atoms with E-state index in [4.69, 9.17) is 5.11 Å². The molecule has 1 fully saturated rings. The molecule has 1 amide bonds. The first kappa shape index (κ1) is 15.4. The number of aliphatic hydroxyl groups is 1. The Morgan fingerprint density at radius 2 is 2.28 bits per heavy atom. The Kier molecular flexibility index (Phi) is 6.65. The molecule has 4 nitrogen and oxygen atoms in total. The van der Waals surface area contributed by atoms with E-state index in [-0.39, 0.29) is 18.1 Å². The van der Waals surface area contributed by atoms with Gasteiger partial charge in [-0.1, -0.05) is 26.7 Å². The molecule has 1 saturated heterocycles. The minimum Gasteiger partial charge on any atom is -0.396 e. The standard InChI is InChI=1S/C14H28N2O2/c1-3-7-14(8-5-9-16-14)13(18)15-11-12(4-2)6-10-17/h12,16-17H,3-11H2,1-2H3,(H,15,18). The third kappa shape index (κ3) is 3.95. The molecule has 0 bridgehead atoms. The van der Waals surface area contributed by atoms with Crippen molar-refractivity contribution in [1.29, 1.82) is 0 Å². The summed E-state index contributed by atoms with van der Waals surface area (Å²) >= 11 is 0. The molecule has 4 heteroatoms.